The lowest BCUT2D eigenvalue weighted by molar-refractivity contribution is 1.27. The Bertz CT molecular complexity index is 2930. The van der Waals surface area contributed by atoms with Gasteiger partial charge in [0.05, 0.1) is 22.4 Å². The van der Waals surface area contributed by atoms with Crippen LogP contribution in [0.4, 0.5) is 17.1 Å². The first-order chi connectivity index (χ1) is 29.3. The van der Waals surface area contributed by atoms with Crippen molar-refractivity contribution in [2.45, 2.75) is 0 Å². The normalized spacial score (nSPS) is 11.1. The number of benzene rings is 9. The molecule has 0 aliphatic carbocycles. The highest BCUT2D eigenvalue weighted by atomic mass is 15.1. The van der Waals surface area contributed by atoms with Gasteiger partial charge in [-0.15, -0.1) is 0 Å². The minimum absolute atomic E-state index is 0.833. The quantitative estimate of drug-likeness (QED) is 0.147. The molecule has 0 aliphatic heterocycles. The average molecular weight is 754 g/mol. The summed E-state index contributed by atoms with van der Waals surface area (Å²) in [5.74, 6) is 0. The maximum absolute atomic E-state index is 5.64. The van der Waals surface area contributed by atoms with Gasteiger partial charge < -0.3 is 4.90 Å². The number of hydrogen-bond acceptors (Lipinski definition) is 3. The molecule has 1 aromatic heterocycles. The van der Waals surface area contributed by atoms with E-state index in [1.165, 1.54) is 22.3 Å². The summed E-state index contributed by atoms with van der Waals surface area (Å²) in [5.41, 5.74) is 17.6. The third-order valence-corrected chi connectivity index (χ3v) is 10.9. The monoisotopic (exact) mass is 753 g/mol. The van der Waals surface area contributed by atoms with Crippen LogP contribution < -0.4 is 4.90 Å². The molecule has 0 spiro atoms. The van der Waals surface area contributed by atoms with E-state index in [0.29, 0.717) is 0 Å². The largest absolute Gasteiger partial charge is 0.311 e. The van der Waals surface area contributed by atoms with E-state index in [4.69, 9.17) is 9.97 Å². The van der Waals surface area contributed by atoms with Gasteiger partial charge in [0.15, 0.2) is 0 Å². The first-order valence-electron chi connectivity index (χ1n) is 20.0. The third kappa shape index (κ3) is 7.18. The minimum atomic E-state index is 0.833. The van der Waals surface area contributed by atoms with Crippen molar-refractivity contribution in [1.82, 2.24) is 9.97 Å². The summed E-state index contributed by atoms with van der Waals surface area (Å²) in [6, 6.07) is 83.2. The van der Waals surface area contributed by atoms with Crippen LogP contribution in [0.25, 0.3) is 78.1 Å². The van der Waals surface area contributed by atoms with Crippen LogP contribution in [0.1, 0.15) is 0 Å². The van der Waals surface area contributed by atoms with E-state index in [2.05, 4.69) is 235 Å². The Hall–Kier alpha value is -7.88. The molecule has 59 heavy (non-hydrogen) atoms. The SMILES string of the molecule is c1ccc(-c2ccc(-c3ccc(-c4ccc(-c5ccccc5)cc4)c4nc(-c5ccc(N(c6ccccc6)c6ccccc6)cc5)c(-c5ccccc5)nc34)cc2)cc1. The zero-order chi connectivity index (χ0) is 39.4. The maximum Gasteiger partial charge on any atom is 0.0979 e. The molecule has 0 saturated heterocycles. The maximum atomic E-state index is 5.64. The van der Waals surface area contributed by atoms with E-state index < -0.39 is 0 Å². The fourth-order valence-electron chi connectivity index (χ4n) is 7.92. The Balaban J connectivity index is 1.15. The van der Waals surface area contributed by atoms with Gasteiger partial charge in [0.1, 0.15) is 0 Å². The second-order valence-corrected chi connectivity index (χ2v) is 14.6. The van der Waals surface area contributed by atoms with Crippen molar-refractivity contribution in [3.8, 4) is 67.0 Å². The molecular formula is C56H39N3. The highest BCUT2D eigenvalue weighted by molar-refractivity contribution is 6.03. The number of anilines is 3. The molecule has 10 aromatic rings. The number of fused-ring (bicyclic) bond motifs is 1. The highest BCUT2D eigenvalue weighted by Gasteiger charge is 2.20. The number of aromatic nitrogens is 2. The van der Waals surface area contributed by atoms with Crippen LogP contribution in [0.15, 0.2) is 237 Å². The lowest BCUT2D eigenvalue weighted by Crippen LogP contribution is -2.09. The summed E-state index contributed by atoms with van der Waals surface area (Å²) < 4.78 is 0. The van der Waals surface area contributed by atoms with E-state index in [1.54, 1.807) is 0 Å². The van der Waals surface area contributed by atoms with Crippen LogP contribution >= 0.6 is 0 Å². The number of nitrogens with zero attached hydrogens (tertiary/aromatic N) is 3. The molecule has 1 heterocycles. The molecule has 0 aliphatic rings. The van der Waals surface area contributed by atoms with Crippen LogP contribution in [-0.4, -0.2) is 9.97 Å². The molecule has 0 bridgehead atoms. The number of hydrogen-bond donors (Lipinski definition) is 0. The molecule has 9 aromatic carbocycles. The fourth-order valence-corrected chi connectivity index (χ4v) is 7.92. The van der Waals surface area contributed by atoms with E-state index in [-0.39, 0.29) is 0 Å². The van der Waals surface area contributed by atoms with Crippen LogP contribution in [0.2, 0.25) is 0 Å². The predicted molar refractivity (Wildman–Crippen MR) is 247 cm³/mol. The standard InChI is InChI=1S/C56H39N3/c1-6-16-40(17-7-1)42-26-30-44(31-27-42)51-38-39-52(45-32-28-43(29-33-45)41-18-8-2-9-19-41)56-55(51)57-53(46-20-10-3-11-21-46)54(58-56)47-34-36-50(37-35-47)59(48-22-12-4-13-23-48)49-24-14-5-15-25-49/h1-39H. The summed E-state index contributed by atoms with van der Waals surface area (Å²) in [6.45, 7) is 0. The fraction of sp³-hybridized carbons (Fsp3) is 0. The zero-order valence-corrected chi connectivity index (χ0v) is 32.4. The Morgan fingerprint density at radius 3 is 0.881 bits per heavy atom. The molecule has 0 N–H and O–H groups in total. The van der Waals surface area contributed by atoms with Crippen LogP contribution in [0.5, 0.6) is 0 Å². The van der Waals surface area contributed by atoms with Crippen molar-refractivity contribution in [2.24, 2.45) is 0 Å². The van der Waals surface area contributed by atoms with Crippen LogP contribution in [0.3, 0.4) is 0 Å². The van der Waals surface area contributed by atoms with Crippen molar-refractivity contribution in [3.63, 3.8) is 0 Å². The van der Waals surface area contributed by atoms with Gasteiger partial charge in [0.25, 0.3) is 0 Å². The van der Waals surface area contributed by atoms with Gasteiger partial charge in [0, 0.05) is 39.3 Å². The molecular weight excluding hydrogens is 715 g/mol. The lowest BCUT2D eigenvalue weighted by Gasteiger charge is -2.25. The molecule has 10 rings (SSSR count). The Morgan fingerprint density at radius 2 is 0.492 bits per heavy atom. The lowest BCUT2D eigenvalue weighted by atomic mass is 9.94. The molecule has 0 saturated carbocycles. The van der Waals surface area contributed by atoms with E-state index in [0.717, 1.165) is 72.9 Å². The molecule has 0 amide bonds. The molecule has 278 valence electrons. The van der Waals surface area contributed by atoms with Crippen molar-refractivity contribution in [3.05, 3.63) is 237 Å². The van der Waals surface area contributed by atoms with Gasteiger partial charge in [0.2, 0.25) is 0 Å². The van der Waals surface area contributed by atoms with Crippen molar-refractivity contribution in [2.75, 3.05) is 4.90 Å². The number of rotatable bonds is 9. The van der Waals surface area contributed by atoms with Crippen LogP contribution in [-0.2, 0) is 0 Å². The molecule has 0 fully saturated rings. The van der Waals surface area contributed by atoms with Gasteiger partial charge in [-0.25, -0.2) is 9.97 Å². The van der Waals surface area contributed by atoms with Crippen molar-refractivity contribution in [1.29, 1.82) is 0 Å². The van der Waals surface area contributed by atoms with Crippen molar-refractivity contribution < 1.29 is 0 Å². The Kier molecular flexibility index (Phi) is 9.59. The molecule has 0 unspecified atom stereocenters. The summed E-state index contributed by atoms with van der Waals surface area (Å²) >= 11 is 0. The van der Waals surface area contributed by atoms with Gasteiger partial charge in [-0.05, 0) is 69.8 Å². The van der Waals surface area contributed by atoms with E-state index in [1.807, 2.05) is 6.07 Å². The topological polar surface area (TPSA) is 29.0 Å². The second kappa shape index (κ2) is 15.9. The van der Waals surface area contributed by atoms with E-state index in [9.17, 15) is 0 Å². The molecule has 0 radical (unpaired) electrons. The van der Waals surface area contributed by atoms with Crippen molar-refractivity contribution >= 4 is 28.1 Å². The Labute approximate surface area is 345 Å². The van der Waals surface area contributed by atoms with E-state index >= 15 is 0 Å². The summed E-state index contributed by atoms with van der Waals surface area (Å²) in [5, 5.41) is 0. The smallest absolute Gasteiger partial charge is 0.0979 e. The molecule has 3 heteroatoms. The minimum Gasteiger partial charge on any atom is -0.311 e. The predicted octanol–water partition coefficient (Wildman–Crippen LogP) is 15.1. The molecule has 0 atom stereocenters. The van der Waals surface area contributed by atoms with Crippen LogP contribution in [0, 0.1) is 0 Å². The van der Waals surface area contributed by atoms with Gasteiger partial charge in [-0.2, -0.15) is 0 Å². The summed E-state index contributed by atoms with van der Waals surface area (Å²) in [7, 11) is 0. The molecule has 3 nitrogen and oxygen atoms in total. The third-order valence-electron chi connectivity index (χ3n) is 10.9. The van der Waals surface area contributed by atoms with Gasteiger partial charge in [-0.1, -0.05) is 200 Å². The zero-order valence-electron chi connectivity index (χ0n) is 32.4. The first kappa shape index (κ1) is 35.5. The first-order valence-corrected chi connectivity index (χ1v) is 20.0. The summed E-state index contributed by atoms with van der Waals surface area (Å²) in [4.78, 5) is 13.5. The Morgan fingerprint density at radius 1 is 0.220 bits per heavy atom. The highest BCUT2D eigenvalue weighted by Crippen LogP contribution is 2.41. The average Bonchev–Trinajstić information content (AvgIpc) is 3.33. The van der Waals surface area contributed by atoms with Gasteiger partial charge >= 0.3 is 0 Å². The second-order valence-electron chi connectivity index (χ2n) is 14.6. The number of para-hydroxylation sites is 2. The summed E-state index contributed by atoms with van der Waals surface area (Å²) in [6.07, 6.45) is 0. The van der Waals surface area contributed by atoms with Gasteiger partial charge in [-0.3, -0.25) is 0 Å².